The SMILES string of the molecule is C=C1C(=O)N2[C@H]3Nc4c(cc(Cl)c(OC)c4OC)[C@@]3(O)[C@H](O)[C@]2(SC)C(=O)N1C. The number of anilines is 1. The molecule has 0 aliphatic carbocycles. The number of fused-ring (bicyclic) bond motifs is 5. The van der Waals surface area contributed by atoms with Crippen LogP contribution < -0.4 is 14.8 Å². The molecule has 11 heteroatoms. The van der Waals surface area contributed by atoms with Gasteiger partial charge in [0.15, 0.2) is 22.0 Å². The fourth-order valence-corrected chi connectivity index (χ4v) is 5.83. The lowest BCUT2D eigenvalue weighted by atomic mass is 9.87. The van der Waals surface area contributed by atoms with Crippen LogP contribution in [-0.2, 0) is 15.2 Å². The summed E-state index contributed by atoms with van der Waals surface area (Å²) in [5, 5.41) is 26.2. The summed E-state index contributed by atoms with van der Waals surface area (Å²) in [6.45, 7) is 3.69. The number of likely N-dealkylation sites (N-methyl/N-ethyl adjacent to an activating group) is 1. The predicted molar refractivity (Wildman–Crippen MR) is 107 cm³/mol. The summed E-state index contributed by atoms with van der Waals surface area (Å²) in [6.07, 6.45) is -1.22. The monoisotopic (exact) mass is 441 g/mol. The van der Waals surface area contributed by atoms with Crippen LogP contribution in [0, 0.1) is 0 Å². The third-order valence-corrected chi connectivity index (χ3v) is 7.42. The van der Waals surface area contributed by atoms with E-state index in [1.807, 2.05) is 0 Å². The molecule has 9 nitrogen and oxygen atoms in total. The maximum atomic E-state index is 13.2. The molecule has 0 radical (unpaired) electrons. The van der Waals surface area contributed by atoms with Gasteiger partial charge in [-0.1, -0.05) is 18.2 Å². The number of hydrogen-bond acceptors (Lipinski definition) is 8. The molecule has 2 saturated heterocycles. The van der Waals surface area contributed by atoms with Crippen molar-refractivity contribution in [1.29, 1.82) is 0 Å². The molecule has 3 heterocycles. The van der Waals surface area contributed by atoms with E-state index >= 15 is 0 Å². The Balaban J connectivity index is 2.00. The molecule has 1 aromatic rings. The lowest BCUT2D eigenvalue weighted by Crippen LogP contribution is -2.67. The fraction of sp³-hybridized carbons (Fsp3) is 0.444. The van der Waals surface area contributed by atoms with Crippen molar-refractivity contribution in [2.75, 3.05) is 32.8 Å². The largest absolute Gasteiger partial charge is 0.491 e. The molecule has 4 atom stereocenters. The number of piperazine rings is 1. The summed E-state index contributed by atoms with van der Waals surface area (Å²) < 4.78 is 10.7. The Morgan fingerprint density at radius 2 is 1.93 bits per heavy atom. The molecule has 156 valence electrons. The minimum Gasteiger partial charge on any atom is -0.491 e. The minimum atomic E-state index is -2.03. The molecule has 0 aromatic heterocycles. The number of aliphatic hydroxyl groups is 2. The van der Waals surface area contributed by atoms with Gasteiger partial charge in [0.25, 0.3) is 11.8 Å². The number of carbonyl (C=O) groups is 2. The Morgan fingerprint density at radius 1 is 1.31 bits per heavy atom. The molecule has 29 heavy (non-hydrogen) atoms. The van der Waals surface area contributed by atoms with Gasteiger partial charge in [-0.05, 0) is 12.3 Å². The van der Waals surface area contributed by atoms with Crippen LogP contribution in [-0.4, -0.2) is 76.5 Å². The van der Waals surface area contributed by atoms with Gasteiger partial charge in [0.05, 0.1) is 24.9 Å². The number of carbonyl (C=O) groups excluding carboxylic acids is 2. The van der Waals surface area contributed by atoms with Crippen LogP contribution in [0.1, 0.15) is 5.56 Å². The molecular weight excluding hydrogens is 422 g/mol. The van der Waals surface area contributed by atoms with E-state index in [9.17, 15) is 19.8 Å². The third-order valence-electron chi connectivity index (χ3n) is 5.92. The van der Waals surface area contributed by atoms with Gasteiger partial charge >= 0.3 is 0 Å². The number of nitrogens with zero attached hydrogens (tertiary/aromatic N) is 2. The van der Waals surface area contributed by atoms with E-state index < -0.39 is 34.6 Å². The average Bonchev–Trinajstić information content (AvgIpc) is 3.10. The van der Waals surface area contributed by atoms with Crippen LogP contribution in [0.2, 0.25) is 5.02 Å². The van der Waals surface area contributed by atoms with Gasteiger partial charge in [0, 0.05) is 12.6 Å². The Bertz CT molecular complexity index is 973. The van der Waals surface area contributed by atoms with Crippen molar-refractivity contribution < 1.29 is 29.3 Å². The zero-order valence-corrected chi connectivity index (χ0v) is 17.7. The summed E-state index contributed by atoms with van der Waals surface area (Å²) >= 11 is 7.29. The Hall–Kier alpha value is -2.14. The quantitative estimate of drug-likeness (QED) is 0.583. The number of hydrogen-bond donors (Lipinski definition) is 3. The molecule has 1 aromatic carbocycles. The van der Waals surface area contributed by atoms with Crippen LogP contribution >= 0.6 is 23.4 Å². The highest BCUT2D eigenvalue weighted by atomic mass is 35.5. The van der Waals surface area contributed by atoms with E-state index in [1.165, 1.54) is 27.3 Å². The molecule has 0 saturated carbocycles. The van der Waals surface area contributed by atoms with E-state index in [4.69, 9.17) is 21.1 Å². The Labute approximate surface area is 176 Å². The molecule has 3 aliphatic rings. The number of thioether (sulfide) groups is 1. The fourth-order valence-electron chi connectivity index (χ4n) is 4.46. The highest BCUT2D eigenvalue weighted by molar-refractivity contribution is 8.00. The maximum Gasteiger partial charge on any atom is 0.273 e. The highest BCUT2D eigenvalue weighted by Gasteiger charge is 2.76. The first kappa shape index (κ1) is 20.1. The molecule has 3 N–H and O–H groups in total. The second-order valence-electron chi connectivity index (χ2n) is 7.01. The summed E-state index contributed by atoms with van der Waals surface area (Å²) in [6, 6.07) is 1.44. The van der Waals surface area contributed by atoms with Crippen LogP contribution in [0.3, 0.4) is 0 Å². The lowest BCUT2D eigenvalue weighted by Gasteiger charge is -2.46. The van der Waals surface area contributed by atoms with Crippen molar-refractivity contribution in [1.82, 2.24) is 9.80 Å². The topological polar surface area (TPSA) is 112 Å². The van der Waals surface area contributed by atoms with Crippen LogP contribution in [0.5, 0.6) is 11.5 Å². The zero-order valence-electron chi connectivity index (χ0n) is 16.1. The number of methoxy groups -OCH3 is 2. The van der Waals surface area contributed by atoms with Gasteiger partial charge in [-0.2, -0.15) is 0 Å². The number of ether oxygens (including phenoxy) is 2. The number of benzene rings is 1. The van der Waals surface area contributed by atoms with Gasteiger partial charge in [-0.15, -0.1) is 11.8 Å². The smallest absolute Gasteiger partial charge is 0.273 e. The number of amides is 2. The van der Waals surface area contributed by atoms with E-state index in [2.05, 4.69) is 11.9 Å². The van der Waals surface area contributed by atoms with Crippen molar-refractivity contribution in [2.24, 2.45) is 0 Å². The average molecular weight is 442 g/mol. The van der Waals surface area contributed by atoms with Crippen molar-refractivity contribution in [2.45, 2.75) is 22.7 Å². The summed E-state index contributed by atoms with van der Waals surface area (Å²) in [5.74, 6) is -0.690. The second-order valence-corrected chi connectivity index (χ2v) is 8.45. The van der Waals surface area contributed by atoms with Crippen LogP contribution in [0.4, 0.5) is 5.69 Å². The lowest BCUT2D eigenvalue weighted by molar-refractivity contribution is -0.154. The first-order chi connectivity index (χ1) is 13.6. The number of halogens is 1. The third kappa shape index (κ3) is 2.04. The normalized spacial score (nSPS) is 32.7. The molecular formula is C18H20ClN3O6S. The van der Waals surface area contributed by atoms with Gasteiger partial charge in [-0.25, -0.2) is 0 Å². The molecule has 2 amide bonds. The predicted octanol–water partition coefficient (Wildman–Crippen LogP) is 0.544. The Morgan fingerprint density at radius 3 is 2.48 bits per heavy atom. The van der Waals surface area contributed by atoms with Crippen LogP contribution in [0.15, 0.2) is 18.3 Å². The Kier molecular flexibility index (Phi) is 4.29. The molecule has 0 spiro atoms. The van der Waals surface area contributed by atoms with E-state index in [0.717, 1.165) is 21.6 Å². The van der Waals surface area contributed by atoms with Gasteiger partial charge in [0.2, 0.25) is 0 Å². The number of rotatable bonds is 3. The zero-order chi connectivity index (χ0) is 21.5. The first-order valence-electron chi connectivity index (χ1n) is 8.60. The summed E-state index contributed by atoms with van der Waals surface area (Å²) in [7, 11) is 4.24. The number of aliphatic hydroxyl groups excluding tert-OH is 1. The van der Waals surface area contributed by atoms with Crippen molar-refractivity contribution in [3.8, 4) is 11.5 Å². The van der Waals surface area contributed by atoms with E-state index in [1.54, 1.807) is 6.26 Å². The molecule has 2 fully saturated rings. The minimum absolute atomic E-state index is 0.0588. The first-order valence-corrected chi connectivity index (χ1v) is 10.2. The standard InChI is InChI=1S/C18H20ClN3O6S/c1-7-13(23)22-15-17(26,14(24)18(22,29-5)16(25)21(7)2)8-6-9(19)11(27-3)12(28-4)10(8)20-15/h6,14-15,20,24,26H,1H2,2-5H3/t14-,15+,17+,18-/m0/s1. The van der Waals surface area contributed by atoms with Gasteiger partial charge in [0.1, 0.15) is 18.0 Å². The van der Waals surface area contributed by atoms with E-state index in [0.29, 0.717) is 5.69 Å². The van der Waals surface area contributed by atoms with Crippen molar-refractivity contribution in [3.63, 3.8) is 0 Å². The highest BCUT2D eigenvalue weighted by Crippen LogP contribution is 2.61. The van der Waals surface area contributed by atoms with E-state index in [-0.39, 0.29) is 27.8 Å². The van der Waals surface area contributed by atoms with Crippen molar-refractivity contribution >= 4 is 40.9 Å². The van der Waals surface area contributed by atoms with Gasteiger partial charge in [-0.3, -0.25) is 14.5 Å². The maximum absolute atomic E-state index is 13.2. The molecule has 3 aliphatic heterocycles. The van der Waals surface area contributed by atoms with Gasteiger partial charge < -0.3 is 29.9 Å². The summed E-state index contributed by atoms with van der Waals surface area (Å²) in [4.78, 5) is 26.8. The second kappa shape index (κ2) is 6.18. The van der Waals surface area contributed by atoms with Crippen LogP contribution in [0.25, 0.3) is 0 Å². The summed E-state index contributed by atoms with van der Waals surface area (Å²) in [5.41, 5.74) is -1.57. The number of nitrogens with one attached hydrogen (secondary N) is 1. The molecule has 4 rings (SSSR count). The molecule has 0 unspecified atom stereocenters. The molecule has 0 bridgehead atoms. The van der Waals surface area contributed by atoms with Crippen molar-refractivity contribution in [3.05, 3.63) is 28.9 Å².